The zero-order valence-corrected chi connectivity index (χ0v) is 17.4. The minimum atomic E-state index is -1.13. The highest BCUT2D eigenvalue weighted by molar-refractivity contribution is 5.89. The first-order valence-electron chi connectivity index (χ1n) is 9.30. The summed E-state index contributed by atoms with van der Waals surface area (Å²) in [6, 6.07) is 8.13. The predicted molar refractivity (Wildman–Crippen MR) is 102 cm³/mol. The number of rotatable bonds is 3. The summed E-state index contributed by atoms with van der Waals surface area (Å²) in [5, 5.41) is 0. The Morgan fingerprint density at radius 2 is 1.61 bits per heavy atom. The maximum absolute atomic E-state index is 13.0. The van der Waals surface area contributed by atoms with Crippen LogP contribution in [0.5, 0.6) is 0 Å². The van der Waals surface area contributed by atoms with E-state index in [-0.39, 0.29) is 13.2 Å². The number of amides is 1. The van der Waals surface area contributed by atoms with Crippen LogP contribution in [0.15, 0.2) is 30.3 Å². The number of benzene rings is 1. The Morgan fingerprint density at radius 1 is 1.04 bits per heavy atom. The van der Waals surface area contributed by atoms with Crippen molar-refractivity contribution in [1.82, 2.24) is 4.90 Å². The molecule has 1 aromatic carbocycles. The molecule has 0 aromatic heterocycles. The highest BCUT2D eigenvalue weighted by Gasteiger charge is 2.48. The average molecular weight is 391 g/mol. The molecule has 1 saturated heterocycles. The van der Waals surface area contributed by atoms with Crippen LogP contribution in [-0.4, -0.2) is 46.9 Å². The first-order valence-corrected chi connectivity index (χ1v) is 9.30. The van der Waals surface area contributed by atoms with Crippen LogP contribution in [0.1, 0.15) is 47.1 Å². The number of carbonyl (C=O) groups is 3. The second kappa shape index (κ2) is 8.20. The van der Waals surface area contributed by atoms with Crippen LogP contribution in [0.2, 0.25) is 0 Å². The van der Waals surface area contributed by atoms with Crippen LogP contribution < -0.4 is 0 Å². The molecule has 0 spiro atoms. The van der Waals surface area contributed by atoms with E-state index in [0.717, 1.165) is 10.5 Å². The van der Waals surface area contributed by atoms with Gasteiger partial charge in [-0.25, -0.2) is 9.59 Å². The summed E-state index contributed by atoms with van der Waals surface area (Å²) < 4.78 is 16.1. The van der Waals surface area contributed by atoms with E-state index in [4.69, 9.17) is 14.2 Å². The SMILES string of the molecule is CC(C)(C)OC(=O)[C@@H]1[C@@H](Cc2ccccc2)C(=O)OCN1C(=O)OC(C)(C)C. The van der Waals surface area contributed by atoms with Crippen LogP contribution in [0.3, 0.4) is 0 Å². The fraction of sp³-hybridized carbons (Fsp3) is 0.571. The van der Waals surface area contributed by atoms with Crippen molar-refractivity contribution in [3.63, 3.8) is 0 Å². The van der Waals surface area contributed by atoms with Gasteiger partial charge in [0.1, 0.15) is 17.2 Å². The van der Waals surface area contributed by atoms with Crippen molar-refractivity contribution in [3.8, 4) is 0 Å². The van der Waals surface area contributed by atoms with E-state index >= 15 is 0 Å². The van der Waals surface area contributed by atoms with Gasteiger partial charge < -0.3 is 14.2 Å². The molecule has 0 N–H and O–H groups in total. The van der Waals surface area contributed by atoms with E-state index < -0.39 is 41.2 Å². The predicted octanol–water partition coefficient (Wildman–Crippen LogP) is 3.31. The molecule has 0 unspecified atom stereocenters. The molecule has 1 aromatic rings. The van der Waals surface area contributed by atoms with Gasteiger partial charge in [-0.15, -0.1) is 0 Å². The van der Waals surface area contributed by atoms with Crippen LogP contribution >= 0.6 is 0 Å². The molecule has 1 fully saturated rings. The molecule has 0 saturated carbocycles. The minimum absolute atomic E-state index is 0.239. The van der Waals surface area contributed by atoms with E-state index in [1.807, 2.05) is 30.3 Å². The van der Waals surface area contributed by atoms with Crippen LogP contribution in [0.25, 0.3) is 0 Å². The van der Waals surface area contributed by atoms with Gasteiger partial charge in [0, 0.05) is 0 Å². The van der Waals surface area contributed by atoms with Crippen LogP contribution in [0.4, 0.5) is 4.79 Å². The topological polar surface area (TPSA) is 82.1 Å². The van der Waals surface area contributed by atoms with Gasteiger partial charge >= 0.3 is 18.0 Å². The molecule has 0 bridgehead atoms. The average Bonchev–Trinajstić information content (AvgIpc) is 2.54. The largest absolute Gasteiger partial charge is 0.458 e. The van der Waals surface area contributed by atoms with Gasteiger partial charge in [-0.05, 0) is 53.5 Å². The molecule has 28 heavy (non-hydrogen) atoms. The fourth-order valence-corrected chi connectivity index (χ4v) is 2.87. The van der Waals surface area contributed by atoms with E-state index in [9.17, 15) is 14.4 Å². The van der Waals surface area contributed by atoms with Crippen LogP contribution in [-0.2, 0) is 30.2 Å². The number of cyclic esters (lactones) is 1. The van der Waals surface area contributed by atoms with Crippen molar-refractivity contribution >= 4 is 18.0 Å². The van der Waals surface area contributed by atoms with Crippen molar-refractivity contribution in [2.24, 2.45) is 5.92 Å². The Kier molecular flexibility index (Phi) is 6.37. The summed E-state index contributed by atoms with van der Waals surface area (Å²) in [4.78, 5) is 39.3. The lowest BCUT2D eigenvalue weighted by Gasteiger charge is -2.39. The van der Waals surface area contributed by atoms with E-state index in [1.54, 1.807) is 41.5 Å². The summed E-state index contributed by atoms with van der Waals surface area (Å²) in [5.41, 5.74) is -0.676. The zero-order valence-electron chi connectivity index (χ0n) is 17.4. The zero-order chi connectivity index (χ0) is 21.1. The van der Waals surface area contributed by atoms with Crippen molar-refractivity contribution in [1.29, 1.82) is 0 Å². The molecule has 7 heteroatoms. The smallest absolute Gasteiger partial charge is 0.413 e. The van der Waals surface area contributed by atoms with Gasteiger partial charge in [0.2, 0.25) is 0 Å². The van der Waals surface area contributed by atoms with Gasteiger partial charge in [0.25, 0.3) is 0 Å². The standard InChI is InChI=1S/C21H29NO6/c1-20(2,3)27-18(24)16-15(12-14-10-8-7-9-11-14)17(23)26-13-22(16)19(25)28-21(4,5)6/h7-11,15-16H,12-13H2,1-6H3/t15-,16+/m1/s1. The number of esters is 2. The molecule has 1 amide bonds. The lowest BCUT2D eigenvalue weighted by molar-refractivity contribution is -0.184. The van der Waals surface area contributed by atoms with Gasteiger partial charge in [-0.3, -0.25) is 9.69 Å². The molecule has 1 heterocycles. The van der Waals surface area contributed by atoms with E-state index in [2.05, 4.69) is 0 Å². The second-order valence-electron chi connectivity index (χ2n) is 8.82. The normalized spacial score (nSPS) is 20.4. The maximum Gasteiger partial charge on any atom is 0.413 e. The summed E-state index contributed by atoms with van der Waals surface area (Å²) in [7, 11) is 0. The quantitative estimate of drug-likeness (QED) is 0.581. The molecule has 1 aliphatic rings. The molecule has 1 aliphatic heterocycles. The molecular weight excluding hydrogens is 362 g/mol. The third kappa shape index (κ3) is 5.97. The molecule has 0 aliphatic carbocycles. The van der Waals surface area contributed by atoms with Crippen molar-refractivity contribution in [3.05, 3.63) is 35.9 Å². The fourth-order valence-electron chi connectivity index (χ4n) is 2.87. The lowest BCUT2D eigenvalue weighted by Crippen LogP contribution is -2.59. The Bertz CT molecular complexity index is 717. The second-order valence-corrected chi connectivity index (χ2v) is 8.82. The Balaban J connectivity index is 2.36. The van der Waals surface area contributed by atoms with Gasteiger partial charge in [-0.2, -0.15) is 0 Å². The number of nitrogens with zero attached hydrogens (tertiary/aromatic N) is 1. The monoisotopic (exact) mass is 391 g/mol. The molecule has 2 atom stereocenters. The van der Waals surface area contributed by atoms with Gasteiger partial charge in [0.15, 0.2) is 6.73 Å². The minimum Gasteiger partial charge on any atom is -0.458 e. The third-order valence-electron chi connectivity index (χ3n) is 3.94. The number of hydrogen-bond acceptors (Lipinski definition) is 6. The van der Waals surface area contributed by atoms with Crippen LogP contribution in [0, 0.1) is 5.92 Å². The van der Waals surface area contributed by atoms with Crippen molar-refractivity contribution < 1.29 is 28.6 Å². The van der Waals surface area contributed by atoms with Crippen molar-refractivity contribution in [2.75, 3.05) is 6.73 Å². The van der Waals surface area contributed by atoms with E-state index in [1.165, 1.54) is 0 Å². The number of ether oxygens (including phenoxy) is 3. The molecule has 7 nitrogen and oxygen atoms in total. The van der Waals surface area contributed by atoms with Gasteiger partial charge in [0.05, 0.1) is 5.92 Å². The third-order valence-corrected chi connectivity index (χ3v) is 3.94. The summed E-state index contributed by atoms with van der Waals surface area (Å²) in [6.45, 7) is 10.0. The highest BCUT2D eigenvalue weighted by Crippen LogP contribution is 2.27. The first-order chi connectivity index (χ1) is 12.9. The summed E-state index contributed by atoms with van der Waals surface area (Å²) in [5.74, 6) is -2.09. The highest BCUT2D eigenvalue weighted by atomic mass is 16.6. The Hall–Kier alpha value is -2.57. The Labute approximate surface area is 165 Å². The summed E-state index contributed by atoms with van der Waals surface area (Å²) >= 11 is 0. The molecule has 154 valence electrons. The number of hydrogen-bond donors (Lipinski definition) is 0. The Morgan fingerprint density at radius 3 is 2.14 bits per heavy atom. The molecule has 0 radical (unpaired) electrons. The lowest BCUT2D eigenvalue weighted by atomic mass is 9.90. The van der Waals surface area contributed by atoms with Gasteiger partial charge in [-0.1, -0.05) is 30.3 Å². The van der Waals surface area contributed by atoms with Crippen molar-refractivity contribution in [2.45, 2.75) is 65.2 Å². The molecule has 2 rings (SSSR count). The summed E-state index contributed by atoms with van der Waals surface area (Å²) in [6.07, 6.45) is -0.489. The number of carbonyl (C=O) groups excluding carboxylic acids is 3. The first kappa shape index (κ1) is 21.7. The molecular formula is C21H29NO6. The maximum atomic E-state index is 13.0. The van der Waals surface area contributed by atoms with E-state index in [0.29, 0.717) is 0 Å².